The Morgan fingerprint density at radius 3 is 2.53 bits per heavy atom. The van der Waals surface area contributed by atoms with Crippen molar-refractivity contribution < 1.29 is 0 Å². The molecular weight excluding hydrogens is 260 g/mol. The van der Waals surface area contributed by atoms with E-state index < -0.39 is 0 Å². The first kappa shape index (κ1) is 14.8. The van der Waals surface area contributed by atoms with Crippen molar-refractivity contribution in [1.29, 1.82) is 0 Å². The Balaban J connectivity index is 2.33. The van der Waals surface area contributed by atoms with Crippen molar-refractivity contribution in [2.24, 2.45) is 7.05 Å². The summed E-state index contributed by atoms with van der Waals surface area (Å²) in [6, 6.07) is 0.190. The fraction of sp³-hybridized carbons (Fsp3) is 0.786. The molecule has 1 aromatic heterocycles. The second kappa shape index (κ2) is 5.81. The van der Waals surface area contributed by atoms with Gasteiger partial charge in [0.05, 0.1) is 23.0 Å². The number of aromatic nitrogens is 2. The van der Waals surface area contributed by atoms with E-state index in [9.17, 15) is 0 Å². The number of hydrogen-bond donors (Lipinski definition) is 1. The fourth-order valence-corrected chi connectivity index (χ4v) is 3.38. The molecule has 1 aromatic rings. The van der Waals surface area contributed by atoms with Gasteiger partial charge in [-0.2, -0.15) is 5.10 Å². The van der Waals surface area contributed by atoms with Crippen molar-refractivity contribution in [1.82, 2.24) is 20.0 Å². The minimum Gasteiger partial charge on any atom is -0.307 e. The van der Waals surface area contributed by atoms with Gasteiger partial charge in [-0.1, -0.05) is 18.5 Å². The smallest absolute Gasteiger partial charge is 0.0834 e. The Bertz CT molecular complexity index is 402. The van der Waals surface area contributed by atoms with Gasteiger partial charge in [-0.3, -0.25) is 9.58 Å². The lowest BCUT2D eigenvalue weighted by Gasteiger charge is -2.42. The number of hydrogen-bond acceptors (Lipinski definition) is 3. The van der Waals surface area contributed by atoms with E-state index in [1.807, 2.05) is 11.7 Å². The molecule has 5 heteroatoms. The van der Waals surface area contributed by atoms with Gasteiger partial charge < -0.3 is 5.32 Å². The number of aryl methyl sites for hydroxylation is 1. The lowest BCUT2D eigenvalue weighted by atomic mass is 9.89. The average molecular weight is 285 g/mol. The normalized spacial score (nSPS) is 19.0. The summed E-state index contributed by atoms with van der Waals surface area (Å²) < 4.78 is 1.90. The standard InChI is InChI=1S/C14H25ClN4/c1-5-16-13(12-11(15)10-17-18(12)4)14(2,3)19-8-6-7-9-19/h10,13,16H,5-9H2,1-4H3. The first-order chi connectivity index (χ1) is 8.98. The molecule has 1 aliphatic heterocycles. The molecule has 1 unspecified atom stereocenters. The molecule has 1 saturated heterocycles. The van der Waals surface area contributed by atoms with E-state index >= 15 is 0 Å². The maximum absolute atomic E-state index is 6.35. The lowest BCUT2D eigenvalue weighted by molar-refractivity contribution is 0.104. The number of nitrogens with one attached hydrogen (secondary N) is 1. The second-order valence-electron chi connectivity index (χ2n) is 5.84. The Kier molecular flexibility index (Phi) is 4.54. The number of rotatable bonds is 5. The third-order valence-electron chi connectivity index (χ3n) is 4.25. The molecule has 0 aliphatic carbocycles. The fourth-order valence-electron chi connectivity index (χ4n) is 3.11. The Morgan fingerprint density at radius 2 is 2.05 bits per heavy atom. The van der Waals surface area contributed by atoms with E-state index in [4.69, 9.17) is 11.6 Å². The molecule has 0 radical (unpaired) electrons. The predicted molar refractivity (Wildman–Crippen MR) is 79.5 cm³/mol. The average Bonchev–Trinajstić information content (AvgIpc) is 2.98. The van der Waals surface area contributed by atoms with Gasteiger partial charge in [-0.15, -0.1) is 0 Å². The van der Waals surface area contributed by atoms with Crippen LogP contribution in [0.2, 0.25) is 5.02 Å². The Morgan fingerprint density at radius 1 is 1.42 bits per heavy atom. The Labute approximate surface area is 121 Å². The Hall–Kier alpha value is -0.580. The molecule has 4 nitrogen and oxygen atoms in total. The third-order valence-corrected chi connectivity index (χ3v) is 4.54. The highest BCUT2D eigenvalue weighted by atomic mass is 35.5. The van der Waals surface area contributed by atoms with Gasteiger partial charge in [0, 0.05) is 12.6 Å². The van der Waals surface area contributed by atoms with Crippen LogP contribution in [0.3, 0.4) is 0 Å². The van der Waals surface area contributed by atoms with Crippen LogP contribution in [0.4, 0.5) is 0 Å². The van der Waals surface area contributed by atoms with Crippen LogP contribution in [0, 0.1) is 0 Å². The van der Waals surface area contributed by atoms with Gasteiger partial charge >= 0.3 is 0 Å². The zero-order chi connectivity index (χ0) is 14.0. The van der Waals surface area contributed by atoms with Gasteiger partial charge in [0.2, 0.25) is 0 Å². The first-order valence-electron chi connectivity index (χ1n) is 7.14. The van der Waals surface area contributed by atoms with Crippen molar-refractivity contribution >= 4 is 11.6 Å². The van der Waals surface area contributed by atoms with E-state index in [0.29, 0.717) is 0 Å². The van der Waals surface area contributed by atoms with Crippen LogP contribution in [0.1, 0.15) is 45.3 Å². The van der Waals surface area contributed by atoms with Crippen LogP contribution in [0.25, 0.3) is 0 Å². The van der Waals surface area contributed by atoms with E-state index in [-0.39, 0.29) is 11.6 Å². The molecule has 1 aliphatic rings. The van der Waals surface area contributed by atoms with Gasteiger partial charge in [0.1, 0.15) is 0 Å². The number of halogens is 1. The van der Waals surface area contributed by atoms with Crippen LogP contribution in [-0.4, -0.2) is 39.9 Å². The summed E-state index contributed by atoms with van der Waals surface area (Å²) in [6.07, 6.45) is 4.32. The van der Waals surface area contributed by atoms with E-state index in [1.54, 1.807) is 6.20 Å². The molecule has 19 heavy (non-hydrogen) atoms. The van der Waals surface area contributed by atoms with Gasteiger partial charge in [0.15, 0.2) is 0 Å². The van der Waals surface area contributed by atoms with Crippen molar-refractivity contribution in [2.45, 2.75) is 45.2 Å². The maximum atomic E-state index is 6.35. The van der Waals surface area contributed by atoms with Crippen LogP contribution < -0.4 is 5.32 Å². The SMILES string of the molecule is CCNC(c1c(Cl)cnn1C)C(C)(C)N1CCCC1. The zero-order valence-corrected chi connectivity index (χ0v) is 13.2. The third kappa shape index (κ3) is 2.81. The molecule has 1 N–H and O–H groups in total. The topological polar surface area (TPSA) is 33.1 Å². The molecule has 0 amide bonds. The number of likely N-dealkylation sites (N-methyl/N-ethyl adjacent to an activating group) is 1. The molecule has 0 bridgehead atoms. The molecule has 1 atom stereocenters. The van der Waals surface area contributed by atoms with Gasteiger partial charge in [-0.05, 0) is 46.3 Å². The molecule has 108 valence electrons. The summed E-state index contributed by atoms with van der Waals surface area (Å²) in [5.74, 6) is 0. The minimum absolute atomic E-state index is 0.0317. The second-order valence-corrected chi connectivity index (χ2v) is 6.25. The molecular formula is C14H25ClN4. The van der Waals surface area contributed by atoms with Crippen LogP contribution >= 0.6 is 11.6 Å². The highest BCUT2D eigenvalue weighted by Gasteiger charge is 2.39. The first-order valence-corrected chi connectivity index (χ1v) is 7.52. The molecule has 0 saturated carbocycles. The van der Waals surface area contributed by atoms with Crippen LogP contribution in [0.15, 0.2) is 6.20 Å². The van der Waals surface area contributed by atoms with Crippen molar-refractivity contribution in [3.8, 4) is 0 Å². The van der Waals surface area contributed by atoms with E-state index in [1.165, 1.54) is 25.9 Å². The van der Waals surface area contributed by atoms with E-state index in [0.717, 1.165) is 17.3 Å². The monoisotopic (exact) mass is 284 g/mol. The summed E-state index contributed by atoms with van der Waals surface area (Å²) in [6.45, 7) is 10.00. The lowest BCUT2D eigenvalue weighted by Crippen LogP contribution is -2.52. The van der Waals surface area contributed by atoms with Crippen molar-refractivity contribution in [3.63, 3.8) is 0 Å². The summed E-state index contributed by atoms with van der Waals surface area (Å²) >= 11 is 6.35. The van der Waals surface area contributed by atoms with Crippen molar-refractivity contribution in [2.75, 3.05) is 19.6 Å². The van der Waals surface area contributed by atoms with Crippen LogP contribution in [-0.2, 0) is 7.05 Å². The van der Waals surface area contributed by atoms with Gasteiger partial charge in [0.25, 0.3) is 0 Å². The summed E-state index contributed by atoms with van der Waals surface area (Å²) in [5, 5.41) is 8.63. The largest absolute Gasteiger partial charge is 0.307 e. The molecule has 0 spiro atoms. The summed E-state index contributed by atoms with van der Waals surface area (Å²) in [7, 11) is 1.96. The number of likely N-dealkylation sites (tertiary alicyclic amines) is 1. The van der Waals surface area contributed by atoms with E-state index in [2.05, 4.69) is 36.1 Å². The molecule has 2 rings (SSSR count). The highest BCUT2D eigenvalue weighted by Crippen LogP contribution is 2.36. The molecule has 1 fully saturated rings. The number of nitrogens with zero attached hydrogens (tertiary/aromatic N) is 3. The summed E-state index contributed by atoms with van der Waals surface area (Å²) in [4.78, 5) is 2.56. The zero-order valence-electron chi connectivity index (χ0n) is 12.4. The highest BCUT2D eigenvalue weighted by molar-refractivity contribution is 6.31. The maximum Gasteiger partial charge on any atom is 0.0834 e. The van der Waals surface area contributed by atoms with Crippen LogP contribution in [0.5, 0.6) is 0 Å². The van der Waals surface area contributed by atoms with Gasteiger partial charge in [-0.25, -0.2) is 0 Å². The minimum atomic E-state index is 0.0317. The quantitative estimate of drug-likeness (QED) is 0.902. The van der Waals surface area contributed by atoms with Crippen molar-refractivity contribution in [3.05, 3.63) is 16.9 Å². The molecule has 0 aromatic carbocycles. The summed E-state index contributed by atoms with van der Waals surface area (Å²) in [5.41, 5.74) is 1.12. The molecule has 2 heterocycles. The predicted octanol–water partition coefficient (Wildman–Crippen LogP) is 2.60.